The van der Waals surface area contributed by atoms with Crippen LogP contribution in [0.3, 0.4) is 0 Å². The van der Waals surface area contributed by atoms with Crippen molar-refractivity contribution >= 4 is 11.8 Å². The minimum atomic E-state index is -5.46. The van der Waals surface area contributed by atoms with E-state index in [1.165, 1.54) is 11.8 Å². The Morgan fingerprint density at radius 3 is 2.21 bits per heavy atom. The van der Waals surface area contributed by atoms with Crippen molar-refractivity contribution in [3.63, 3.8) is 0 Å². The SMILES string of the molecule is C[C@]12CCC3c4ccc(O)cc4[C@H](F)C(CCCCCCCCCSCCCC(F)(F)C(F)(F)F)C3C1C[C@@H](O)C21CC1. The summed E-state index contributed by atoms with van der Waals surface area (Å²) in [4.78, 5) is 0. The van der Waals surface area contributed by atoms with Crippen molar-refractivity contribution < 1.29 is 36.6 Å². The van der Waals surface area contributed by atoms with Gasteiger partial charge in [-0.05, 0) is 115 Å². The van der Waals surface area contributed by atoms with E-state index in [9.17, 15) is 32.2 Å². The van der Waals surface area contributed by atoms with Crippen molar-refractivity contribution in [1.82, 2.24) is 0 Å². The van der Waals surface area contributed by atoms with Crippen LogP contribution in [0.15, 0.2) is 18.2 Å². The molecule has 7 atom stereocenters. The molecule has 0 radical (unpaired) electrons. The van der Waals surface area contributed by atoms with Crippen molar-refractivity contribution in [2.75, 3.05) is 11.5 Å². The van der Waals surface area contributed by atoms with Gasteiger partial charge in [0.25, 0.3) is 0 Å². The fraction of sp³-hybridized carbons (Fsp3) is 0.824. The number of benzene rings is 1. The van der Waals surface area contributed by atoms with Crippen LogP contribution in [0.25, 0.3) is 0 Å². The number of hydrogen-bond acceptors (Lipinski definition) is 3. The highest BCUT2D eigenvalue weighted by Crippen LogP contribution is 2.77. The molecule has 1 spiro atoms. The third-order valence-corrected chi connectivity index (χ3v) is 13.1. The van der Waals surface area contributed by atoms with E-state index in [-0.39, 0.29) is 46.9 Å². The molecule has 3 saturated carbocycles. The van der Waals surface area contributed by atoms with Crippen LogP contribution in [0.5, 0.6) is 5.75 Å². The van der Waals surface area contributed by atoms with E-state index in [4.69, 9.17) is 0 Å². The average Bonchev–Trinajstić information content (AvgIpc) is 3.73. The van der Waals surface area contributed by atoms with Gasteiger partial charge in [0, 0.05) is 11.8 Å². The Bertz CT molecular complexity index is 1090. The summed E-state index contributed by atoms with van der Waals surface area (Å²) in [5.74, 6) is -2.66. The van der Waals surface area contributed by atoms with Crippen LogP contribution in [0, 0.1) is 28.6 Å². The summed E-state index contributed by atoms with van der Waals surface area (Å²) in [6.45, 7) is 2.37. The minimum absolute atomic E-state index is 0.0362. The van der Waals surface area contributed by atoms with Gasteiger partial charge in [0.2, 0.25) is 0 Å². The number of phenols is 1. The third kappa shape index (κ3) is 6.46. The van der Waals surface area contributed by atoms with Gasteiger partial charge in [-0.2, -0.15) is 33.7 Å². The quantitative estimate of drug-likeness (QED) is 0.158. The van der Waals surface area contributed by atoms with Crippen molar-refractivity contribution in [1.29, 1.82) is 0 Å². The van der Waals surface area contributed by atoms with E-state index in [2.05, 4.69) is 6.92 Å². The predicted octanol–water partition coefficient (Wildman–Crippen LogP) is 10.5. The minimum Gasteiger partial charge on any atom is -0.508 e. The number of aromatic hydroxyl groups is 1. The first-order valence-electron chi connectivity index (χ1n) is 16.5. The van der Waals surface area contributed by atoms with Gasteiger partial charge in [-0.25, -0.2) is 4.39 Å². The highest BCUT2D eigenvalue weighted by Gasteiger charge is 2.71. The summed E-state index contributed by atoms with van der Waals surface area (Å²) in [6.07, 6.45) is 4.86. The lowest BCUT2D eigenvalue weighted by Gasteiger charge is -2.54. The maximum absolute atomic E-state index is 16.4. The fourth-order valence-corrected chi connectivity index (χ4v) is 10.4. The molecule has 1 aromatic carbocycles. The maximum atomic E-state index is 16.4. The van der Waals surface area contributed by atoms with Crippen LogP contribution in [0.2, 0.25) is 0 Å². The molecular weight excluding hydrogens is 586 g/mol. The molecule has 2 N–H and O–H groups in total. The van der Waals surface area contributed by atoms with Gasteiger partial charge in [0.05, 0.1) is 6.10 Å². The Morgan fingerprint density at radius 1 is 0.884 bits per heavy atom. The first kappa shape index (κ1) is 33.3. The second kappa shape index (κ2) is 13.0. The number of rotatable bonds is 14. The van der Waals surface area contributed by atoms with Gasteiger partial charge in [-0.15, -0.1) is 0 Å². The first-order chi connectivity index (χ1) is 20.3. The molecule has 9 heteroatoms. The topological polar surface area (TPSA) is 40.5 Å². The van der Waals surface area contributed by atoms with E-state index in [1.54, 1.807) is 12.1 Å². The summed E-state index contributed by atoms with van der Waals surface area (Å²) in [5, 5.41) is 21.3. The lowest BCUT2D eigenvalue weighted by molar-refractivity contribution is -0.284. The number of hydrogen-bond donors (Lipinski definition) is 2. The van der Waals surface area contributed by atoms with E-state index in [1.807, 2.05) is 6.07 Å². The Morgan fingerprint density at radius 2 is 1.53 bits per heavy atom. The molecule has 4 unspecified atom stereocenters. The first-order valence-corrected chi connectivity index (χ1v) is 17.7. The number of thioether (sulfide) groups is 1. The molecule has 0 saturated heterocycles. The zero-order valence-electron chi connectivity index (χ0n) is 25.3. The summed E-state index contributed by atoms with van der Waals surface area (Å²) < 4.78 is 78.9. The Hall–Kier alpha value is -1.09. The maximum Gasteiger partial charge on any atom is 0.453 e. The highest BCUT2D eigenvalue weighted by atomic mass is 32.2. The standard InChI is InChI=1S/C34H48F6O2S/c1-31-15-13-24-23-12-11-22(41)20-26(23)30(35)25(29(24)27(31)21-28(42)32(31)16-17-32)10-7-5-3-2-4-6-8-18-43-19-9-14-33(36,37)34(38,39)40/h11-12,20,24-25,27-30,41-42H,2-10,13-19,21H2,1H3/t24?,25?,27?,28-,29?,30-,31+/m1/s1. The molecule has 4 aliphatic carbocycles. The molecule has 5 rings (SSSR count). The van der Waals surface area contributed by atoms with Crippen LogP contribution < -0.4 is 0 Å². The van der Waals surface area contributed by atoms with Crippen LogP contribution in [0.1, 0.15) is 126 Å². The molecule has 0 bridgehead atoms. The zero-order chi connectivity index (χ0) is 31.0. The molecule has 0 aromatic heterocycles. The number of unbranched alkanes of at least 4 members (excludes halogenated alkanes) is 6. The molecule has 43 heavy (non-hydrogen) atoms. The molecule has 4 aliphatic rings. The fourth-order valence-electron chi connectivity index (χ4n) is 9.43. The van der Waals surface area contributed by atoms with Gasteiger partial charge >= 0.3 is 12.1 Å². The number of aliphatic hydroxyl groups is 1. The summed E-state index contributed by atoms with van der Waals surface area (Å²) >= 11 is 1.44. The van der Waals surface area contributed by atoms with Crippen molar-refractivity contribution in [2.24, 2.45) is 28.6 Å². The number of halogens is 6. The molecule has 0 amide bonds. The molecule has 0 aliphatic heterocycles. The normalized spacial score (nSPS) is 32.8. The summed E-state index contributed by atoms with van der Waals surface area (Å²) in [7, 11) is 0. The van der Waals surface area contributed by atoms with E-state index in [0.29, 0.717) is 17.2 Å². The summed E-state index contributed by atoms with van der Waals surface area (Å²) in [5.41, 5.74) is 1.85. The van der Waals surface area contributed by atoms with Crippen molar-refractivity contribution in [3.8, 4) is 5.75 Å². The molecule has 0 heterocycles. The lowest BCUT2D eigenvalue weighted by Crippen LogP contribution is -2.47. The molecule has 2 nitrogen and oxygen atoms in total. The predicted molar refractivity (Wildman–Crippen MR) is 159 cm³/mol. The van der Waals surface area contributed by atoms with Crippen molar-refractivity contribution in [2.45, 2.75) is 134 Å². The molecule has 3 fully saturated rings. The number of aliphatic hydroxyl groups excluding tert-OH is 1. The molecule has 1 aromatic rings. The van der Waals surface area contributed by atoms with Gasteiger partial charge in [0.1, 0.15) is 11.9 Å². The molecule has 244 valence electrons. The number of phenolic OH excluding ortho intramolecular Hbond substituents is 1. The van der Waals surface area contributed by atoms with Gasteiger partial charge in [-0.3, -0.25) is 0 Å². The van der Waals surface area contributed by atoms with Crippen molar-refractivity contribution in [3.05, 3.63) is 29.3 Å². The van der Waals surface area contributed by atoms with E-state index < -0.39 is 24.7 Å². The third-order valence-electron chi connectivity index (χ3n) is 11.9. The second-order valence-electron chi connectivity index (χ2n) is 14.2. The van der Waals surface area contributed by atoms with E-state index in [0.717, 1.165) is 94.8 Å². The van der Waals surface area contributed by atoms with E-state index >= 15 is 4.39 Å². The average molecular weight is 635 g/mol. The Balaban J connectivity index is 1.05. The second-order valence-corrected chi connectivity index (χ2v) is 15.4. The Kier molecular flexibility index (Phi) is 10.0. The lowest BCUT2D eigenvalue weighted by atomic mass is 9.50. The van der Waals surface area contributed by atoms with Gasteiger partial charge < -0.3 is 10.2 Å². The smallest absolute Gasteiger partial charge is 0.453 e. The van der Waals surface area contributed by atoms with Gasteiger partial charge in [-0.1, -0.05) is 51.5 Å². The monoisotopic (exact) mass is 634 g/mol. The zero-order valence-corrected chi connectivity index (χ0v) is 26.1. The number of alkyl halides is 6. The highest BCUT2D eigenvalue weighted by molar-refractivity contribution is 7.99. The largest absolute Gasteiger partial charge is 0.508 e. The number of fused-ring (bicyclic) bond motifs is 6. The van der Waals surface area contributed by atoms with Crippen LogP contribution in [-0.2, 0) is 0 Å². The van der Waals surface area contributed by atoms with Crippen LogP contribution in [-0.4, -0.2) is 39.9 Å². The van der Waals surface area contributed by atoms with Crippen LogP contribution >= 0.6 is 11.8 Å². The summed E-state index contributed by atoms with van der Waals surface area (Å²) in [6, 6.07) is 5.27. The Labute approximate surface area is 256 Å². The van der Waals surface area contributed by atoms with Gasteiger partial charge in [0.15, 0.2) is 0 Å². The van der Waals surface area contributed by atoms with Crippen LogP contribution in [0.4, 0.5) is 26.3 Å². The molecular formula is C34H48F6O2S.